The van der Waals surface area contributed by atoms with Crippen molar-refractivity contribution < 1.29 is 14.4 Å². The summed E-state index contributed by atoms with van der Waals surface area (Å²) in [6, 6.07) is 10.2. The second kappa shape index (κ2) is 8.06. The molecule has 2 aliphatic rings. The summed E-state index contributed by atoms with van der Waals surface area (Å²) >= 11 is 0. The Bertz CT molecular complexity index is 884. The lowest BCUT2D eigenvalue weighted by Gasteiger charge is -2.35. The van der Waals surface area contributed by atoms with E-state index in [1.54, 1.807) is 0 Å². The first-order valence-corrected chi connectivity index (χ1v) is 9.78. The molecule has 2 aromatic rings. The third kappa shape index (κ3) is 3.89. The average Bonchev–Trinajstić information content (AvgIpc) is 3.04. The summed E-state index contributed by atoms with van der Waals surface area (Å²) in [5.41, 5.74) is 2.23. The van der Waals surface area contributed by atoms with Gasteiger partial charge in [-0.3, -0.25) is 29.2 Å². The Balaban J connectivity index is 1.29. The molecule has 3 heterocycles. The Morgan fingerprint density at radius 1 is 0.964 bits per heavy atom. The minimum atomic E-state index is -0.161. The lowest BCUT2D eigenvalue weighted by molar-refractivity contribution is -0.139. The van der Waals surface area contributed by atoms with Crippen LogP contribution in [0.1, 0.15) is 24.8 Å². The minimum Gasteiger partial charge on any atom is -0.340 e. The van der Waals surface area contributed by atoms with E-state index in [1.807, 2.05) is 17.2 Å². The van der Waals surface area contributed by atoms with Crippen molar-refractivity contribution in [3.05, 3.63) is 42.1 Å². The standard InChI is InChI=1S/C21H24N4O3/c26-18(8-10-25-19(27)6-7-20(25)28)24-13-11-23(12-14-24)15-17-4-1-3-16-5-2-9-22-21(16)17/h1-5,9H,6-8,10-15H2. The number of benzene rings is 1. The third-order valence-electron chi connectivity index (χ3n) is 5.54. The number of carbonyl (C=O) groups excluding carboxylic acids is 3. The first-order chi connectivity index (χ1) is 13.6. The number of para-hydroxylation sites is 1. The van der Waals surface area contributed by atoms with Crippen LogP contribution in [0.15, 0.2) is 36.5 Å². The molecule has 0 spiro atoms. The number of likely N-dealkylation sites (tertiary alicyclic amines) is 1. The Kier molecular flexibility index (Phi) is 5.34. The van der Waals surface area contributed by atoms with Crippen molar-refractivity contribution in [3.8, 4) is 0 Å². The molecular weight excluding hydrogens is 356 g/mol. The summed E-state index contributed by atoms with van der Waals surface area (Å²) in [6.07, 6.45) is 2.58. The van der Waals surface area contributed by atoms with E-state index in [-0.39, 0.29) is 43.5 Å². The number of hydrogen-bond donors (Lipinski definition) is 0. The Hall–Kier alpha value is -2.80. The smallest absolute Gasteiger partial charge is 0.229 e. The molecule has 1 aromatic carbocycles. The zero-order chi connectivity index (χ0) is 19.5. The van der Waals surface area contributed by atoms with Crippen LogP contribution in [0.25, 0.3) is 10.9 Å². The minimum absolute atomic E-state index is 0.0129. The van der Waals surface area contributed by atoms with Crippen LogP contribution in [0.2, 0.25) is 0 Å². The van der Waals surface area contributed by atoms with E-state index in [2.05, 4.69) is 34.1 Å². The molecule has 28 heavy (non-hydrogen) atoms. The number of nitrogens with zero attached hydrogens (tertiary/aromatic N) is 4. The van der Waals surface area contributed by atoms with E-state index in [9.17, 15) is 14.4 Å². The molecule has 0 N–H and O–H groups in total. The van der Waals surface area contributed by atoms with Gasteiger partial charge in [0.2, 0.25) is 17.7 Å². The molecule has 4 rings (SSSR count). The Morgan fingerprint density at radius 2 is 1.68 bits per heavy atom. The van der Waals surface area contributed by atoms with Crippen molar-refractivity contribution in [2.75, 3.05) is 32.7 Å². The topological polar surface area (TPSA) is 73.8 Å². The van der Waals surface area contributed by atoms with Gasteiger partial charge in [0, 0.05) is 70.1 Å². The summed E-state index contributed by atoms with van der Waals surface area (Å²) in [7, 11) is 0. The molecular formula is C21H24N4O3. The number of amides is 3. The first kappa shape index (κ1) is 18.6. The molecule has 7 nitrogen and oxygen atoms in total. The van der Waals surface area contributed by atoms with Gasteiger partial charge in [0.15, 0.2) is 0 Å². The summed E-state index contributed by atoms with van der Waals surface area (Å²) in [5.74, 6) is -0.309. The Morgan fingerprint density at radius 3 is 2.43 bits per heavy atom. The fourth-order valence-corrected chi connectivity index (χ4v) is 3.93. The second-order valence-corrected chi connectivity index (χ2v) is 7.34. The van der Waals surface area contributed by atoms with Crippen LogP contribution in [-0.4, -0.2) is 70.1 Å². The highest BCUT2D eigenvalue weighted by molar-refractivity contribution is 6.02. The number of aromatic nitrogens is 1. The van der Waals surface area contributed by atoms with E-state index >= 15 is 0 Å². The zero-order valence-corrected chi connectivity index (χ0v) is 15.8. The first-order valence-electron chi connectivity index (χ1n) is 9.78. The van der Waals surface area contributed by atoms with Crippen LogP contribution in [0.5, 0.6) is 0 Å². The predicted octanol–water partition coefficient (Wildman–Crippen LogP) is 1.42. The number of fused-ring (bicyclic) bond motifs is 1. The normalized spacial score (nSPS) is 18.3. The van der Waals surface area contributed by atoms with E-state index in [0.29, 0.717) is 13.1 Å². The number of carbonyl (C=O) groups is 3. The predicted molar refractivity (Wildman–Crippen MR) is 104 cm³/mol. The van der Waals surface area contributed by atoms with Crippen molar-refractivity contribution in [1.82, 2.24) is 19.7 Å². The number of hydrogen-bond acceptors (Lipinski definition) is 5. The van der Waals surface area contributed by atoms with Gasteiger partial charge in [0.25, 0.3) is 0 Å². The van der Waals surface area contributed by atoms with Crippen molar-refractivity contribution in [2.45, 2.75) is 25.8 Å². The largest absolute Gasteiger partial charge is 0.340 e. The molecule has 0 unspecified atom stereocenters. The van der Waals surface area contributed by atoms with Gasteiger partial charge in [-0.2, -0.15) is 0 Å². The molecule has 3 amide bonds. The third-order valence-corrected chi connectivity index (χ3v) is 5.54. The van der Waals surface area contributed by atoms with Crippen molar-refractivity contribution in [1.29, 1.82) is 0 Å². The van der Waals surface area contributed by atoms with E-state index in [0.717, 1.165) is 30.5 Å². The maximum atomic E-state index is 12.5. The van der Waals surface area contributed by atoms with Crippen LogP contribution >= 0.6 is 0 Å². The van der Waals surface area contributed by atoms with Crippen molar-refractivity contribution >= 4 is 28.6 Å². The van der Waals surface area contributed by atoms with Crippen LogP contribution in [0.3, 0.4) is 0 Å². The van der Waals surface area contributed by atoms with Gasteiger partial charge in [-0.05, 0) is 11.6 Å². The highest BCUT2D eigenvalue weighted by Gasteiger charge is 2.30. The van der Waals surface area contributed by atoms with Crippen LogP contribution in [0, 0.1) is 0 Å². The summed E-state index contributed by atoms with van der Waals surface area (Å²) in [4.78, 5) is 45.7. The average molecular weight is 380 g/mol. The SMILES string of the molecule is O=C(CCN1C(=O)CCC1=O)N1CCN(Cc2cccc3cccnc23)CC1. The van der Waals surface area contributed by atoms with Gasteiger partial charge < -0.3 is 4.90 Å². The maximum absolute atomic E-state index is 12.5. The molecule has 146 valence electrons. The molecule has 0 saturated carbocycles. The van der Waals surface area contributed by atoms with Gasteiger partial charge in [0.1, 0.15) is 0 Å². The highest BCUT2D eigenvalue weighted by atomic mass is 16.2. The number of imide groups is 1. The molecule has 0 radical (unpaired) electrons. The van der Waals surface area contributed by atoms with Gasteiger partial charge in [-0.25, -0.2) is 0 Å². The van der Waals surface area contributed by atoms with Gasteiger partial charge in [0.05, 0.1) is 5.52 Å². The molecule has 2 aliphatic heterocycles. The van der Waals surface area contributed by atoms with Crippen molar-refractivity contribution in [3.63, 3.8) is 0 Å². The lowest BCUT2D eigenvalue weighted by atomic mass is 10.1. The fourth-order valence-electron chi connectivity index (χ4n) is 3.93. The second-order valence-electron chi connectivity index (χ2n) is 7.34. The lowest BCUT2D eigenvalue weighted by Crippen LogP contribution is -2.49. The highest BCUT2D eigenvalue weighted by Crippen LogP contribution is 2.19. The van der Waals surface area contributed by atoms with Gasteiger partial charge in [-0.15, -0.1) is 0 Å². The van der Waals surface area contributed by atoms with E-state index < -0.39 is 0 Å². The summed E-state index contributed by atoms with van der Waals surface area (Å²) < 4.78 is 0. The fraction of sp³-hybridized carbons (Fsp3) is 0.429. The summed E-state index contributed by atoms with van der Waals surface area (Å²) in [5, 5.41) is 1.14. The molecule has 7 heteroatoms. The monoisotopic (exact) mass is 380 g/mol. The molecule has 0 atom stereocenters. The molecule has 2 saturated heterocycles. The van der Waals surface area contributed by atoms with E-state index in [1.165, 1.54) is 10.5 Å². The van der Waals surface area contributed by atoms with Crippen molar-refractivity contribution in [2.24, 2.45) is 0 Å². The number of piperazine rings is 1. The number of rotatable bonds is 5. The number of pyridine rings is 1. The van der Waals surface area contributed by atoms with Crippen LogP contribution in [0.4, 0.5) is 0 Å². The maximum Gasteiger partial charge on any atom is 0.229 e. The van der Waals surface area contributed by atoms with Crippen LogP contribution < -0.4 is 0 Å². The molecule has 2 fully saturated rings. The quantitative estimate of drug-likeness (QED) is 0.734. The van der Waals surface area contributed by atoms with E-state index in [4.69, 9.17) is 0 Å². The van der Waals surface area contributed by atoms with Crippen LogP contribution in [-0.2, 0) is 20.9 Å². The van der Waals surface area contributed by atoms with Gasteiger partial charge >= 0.3 is 0 Å². The zero-order valence-electron chi connectivity index (χ0n) is 15.8. The summed E-state index contributed by atoms with van der Waals surface area (Å²) in [6.45, 7) is 3.95. The van der Waals surface area contributed by atoms with Gasteiger partial charge in [-0.1, -0.05) is 24.3 Å². The molecule has 1 aromatic heterocycles. The Labute approximate surface area is 163 Å². The molecule has 0 aliphatic carbocycles. The molecule has 0 bridgehead atoms.